The highest BCUT2D eigenvalue weighted by Crippen LogP contribution is 2.54. The Balaban J connectivity index is 8.56. The molecule has 4 nitrogen and oxygen atoms in total. The highest BCUT2D eigenvalue weighted by Gasteiger charge is 2.76. The molecule has 0 bridgehead atoms. The van der Waals surface area contributed by atoms with E-state index in [1.807, 2.05) is 20.8 Å². The molecule has 0 heterocycles. The lowest BCUT2D eigenvalue weighted by Gasteiger charge is -2.63. The first-order valence-corrected chi connectivity index (χ1v) is 51.3. The topological polar surface area (TPSA) is 52.6 Å². The molecule has 0 rings (SSSR count). The van der Waals surface area contributed by atoms with Gasteiger partial charge in [0.15, 0.2) is 6.17 Å². The van der Waals surface area contributed by atoms with Gasteiger partial charge < -0.3 is 8.85 Å². The van der Waals surface area contributed by atoms with Crippen molar-refractivity contribution in [1.82, 2.24) is 0 Å². The lowest BCUT2D eigenvalue weighted by molar-refractivity contribution is -0.154. The summed E-state index contributed by atoms with van der Waals surface area (Å²) in [6, 6.07) is 18.8. The molecule has 2 unspecified atom stereocenters. The van der Waals surface area contributed by atoms with Crippen LogP contribution in [0.5, 0.6) is 0 Å². The van der Waals surface area contributed by atoms with Crippen molar-refractivity contribution in [3.63, 3.8) is 0 Å². The number of hydrogen-bond donors (Lipinski definition) is 0. The molecule has 0 amide bonds. The summed E-state index contributed by atoms with van der Waals surface area (Å²) >= 11 is 0. The van der Waals surface area contributed by atoms with E-state index in [0.717, 1.165) is 109 Å². The molecule has 14 heteroatoms. The average Bonchev–Trinajstić information content (AvgIpc) is 3.24. The van der Waals surface area contributed by atoms with E-state index in [2.05, 4.69) is 125 Å². The molecule has 0 fully saturated rings. The van der Waals surface area contributed by atoms with E-state index in [9.17, 15) is 0 Å². The molecule has 0 aliphatic rings. The van der Waals surface area contributed by atoms with Gasteiger partial charge in [-0.25, -0.2) is 13.6 Å². The maximum atomic E-state index is 18.8. The Bertz CT molecular complexity index is 1140. The number of carbonyl (C=O) groups excluding carboxylic acids is 2. The Morgan fingerprint density at radius 1 is 0.417 bits per heavy atom. The van der Waals surface area contributed by atoms with Crippen LogP contribution in [0.25, 0.3) is 0 Å². The second-order valence-electron chi connectivity index (χ2n) is 20.6. The maximum absolute atomic E-state index is 18.8. The highest BCUT2D eigenvalue weighted by molar-refractivity contribution is 7.89. The maximum Gasteiger partial charge on any atom is 0.330 e. The molecule has 0 aromatic rings. The lowest BCUT2D eigenvalue weighted by Crippen LogP contribution is -2.90. The van der Waals surface area contributed by atoms with Crippen molar-refractivity contribution >= 4 is 71.2 Å². The van der Waals surface area contributed by atoms with Crippen LogP contribution >= 0.6 is 0 Å². The molecular weight excluding hydrogens is 879 g/mol. The fourth-order valence-electron chi connectivity index (χ4n) is 14.9. The molecule has 0 spiro atoms. The second-order valence-corrected chi connectivity index (χ2v) is 92.6. The van der Waals surface area contributed by atoms with Crippen LogP contribution in [0.15, 0.2) is 0 Å². The van der Waals surface area contributed by atoms with Gasteiger partial charge in [0.1, 0.15) is 0 Å². The van der Waals surface area contributed by atoms with Gasteiger partial charge in [-0.2, -0.15) is 0 Å². The first-order chi connectivity index (χ1) is 27.9. The van der Waals surface area contributed by atoms with Crippen molar-refractivity contribution in [1.29, 1.82) is 0 Å². The molecule has 0 saturated carbocycles. The molecular formula is C46H104F2O4Si8. The van der Waals surface area contributed by atoms with E-state index in [1.165, 1.54) is 0 Å². The van der Waals surface area contributed by atoms with Gasteiger partial charge in [0.2, 0.25) is 19.4 Å². The first kappa shape index (κ1) is 60.5. The number of carbonyl (C=O) groups is 2. The Kier molecular flexibility index (Phi) is 24.6. The second kappa shape index (κ2) is 24.3. The molecule has 0 aromatic heterocycles. The molecule has 0 N–H and O–H groups in total. The van der Waals surface area contributed by atoms with Gasteiger partial charge in [-0.3, -0.25) is 4.79 Å². The molecule has 0 aromatic carbocycles. The molecule has 0 aliphatic carbocycles. The summed E-state index contributed by atoms with van der Waals surface area (Å²) in [6.45, 7) is 42.1. The molecule has 358 valence electrons. The van der Waals surface area contributed by atoms with Crippen LogP contribution in [0.3, 0.4) is 0 Å². The Morgan fingerprint density at radius 3 is 0.800 bits per heavy atom. The van der Waals surface area contributed by atoms with Crippen LogP contribution in [0.2, 0.25) is 109 Å². The van der Waals surface area contributed by atoms with E-state index in [1.54, 1.807) is 0 Å². The summed E-state index contributed by atoms with van der Waals surface area (Å²) < 4.78 is 51.8. The summed E-state index contributed by atoms with van der Waals surface area (Å²) in [5, 5.41) is 0. The Hall–Kier alpha value is 0.535. The minimum absolute atomic E-state index is 0.178. The van der Waals surface area contributed by atoms with Crippen LogP contribution in [0, 0.1) is 5.41 Å². The zero-order valence-electron chi connectivity index (χ0n) is 44.1. The van der Waals surface area contributed by atoms with Crippen molar-refractivity contribution in [2.75, 3.05) is 0 Å². The van der Waals surface area contributed by atoms with Crippen LogP contribution in [0.4, 0.5) is 8.78 Å². The van der Waals surface area contributed by atoms with Crippen molar-refractivity contribution in [2.45, 2.75) is 279 Å². The van der Waals surface area contributed by atoms with Gasteiger partial charge >= 0.3 is 11.9 Å². The molecule has 0 saturated heterocycles. The quantitative estimate of drug-likeness (QED) is 0.0650. The molecule has 2 atom stereocenters. The van der Waals surface area contributed by atoms with Crippen molar-refractivity contribution in [2.24, 2.45) is 5.41 Å². The molecule has 0 radical (unpaired) electrons. The largest absolute Gasteiger partial charge is 0.526 e. The van der Waals surface area contributed by atoms with Crippen LogP contribution in [0.1, 0.15) is 158 Å². The van der Waals surface area contributed by atoms with Gasteiger partial charge in [0.25, 0.3) is 0 Å². The molecule has 60 heavy (non-hydrogen) atoms. The van der Waals surface area contributed by atoms with Gasteiger partial charge in [-0.15, -0.1) is 0 Å². The summed E-state index contributed by atoms with van der Waals surface area (Å²) in [4.78, 5) is 30.9. The summed E-state index contributed by atoms with van der Waals surface area (Å²) in [7, 11) is -13.7. The zero-order chi connectivity index (χ0) is 47.3. The first-order valence-electron chi connectivity index (χ1n) is 25.7. The van der Waals surface area contributed by atoms with E-state index >= 15 is 18.4 Å². The van der Waals surface area contributed by atoms with E-state index < -0.39 is 94.9 Å². The predicted molar refractivity (Wildman–Crippen MR) is 284 cm³/mol. The van der Waals surface area contributed by atoms with Gasteiger partial charge in [-0.1, -0.05) is 254 Å². The lowest BCUT2D eigenvalue weighted by atomic mass is 9.80. The van der Waals surface area contributed by atoms with Crippen molar-refractivity contribution < 1.29 is 27.2 Å². The van der Waals surface area contributed by atoms with E-state index in [-0.39, 0.29) is 6.42 Å². The predicted octanol–water partition coefficient (Wildman–Crippen LogP) is 16.4. The SMILES string of the molecule is CC[Si](CC)(CC)[Si](OC(=O)C(F)CC(F)(CC(C)(C)C)C(=O)O[Si]([Si](CC)(CC)CC)([Si](CC)(CC)CC)[Si](CC)(CC)CC)([Si](CC)(CC)CC)[Si](CC)(CC)CC. The zero-order valence-corrected chi connectivity index (χ0v) is 52.1. The van der Waals surface area contributed by atoms with Crippen LogP contribution in [-0.2, 0) is 18.4 Å². The average molecular weight is 984 g/mol. The number of halogens is 2. The monoisotopic (exact) mass is 983 g/mol. The van der Waals surface area contributed by atoms with Crippen LogP contribution < -0.4 is 0 Å². The van der Waals surface area contributed by atoms with Crippen molar-refractivity contribution in [3.8, 4) is 0 Å². The minimum atomic E-state index is -3.01. The standard InChI is InChI=1S/C46H104F2O4Si8/c1-22-53(23-2,24-3)59(54(25-4,26-5)27-6,55(28-7,29-8)30-9)51-43(49)42(47)40-46(48,41-45(19,20)21)44(50)52-60(56(31-10,32-11)33-12,57(34-13,35-14)36-15)58(37-16,38-17)39-18/h42H,22-41H2,1-21H3. The summed E-state index contributed by atoms with van der Waals surface area (Å²) in [5.41, 5.74) is -3.28. The Labute approximate surface area is 380 Å². The minimum Gasteiger partial charge on any atom is -0.526 e. The third-order valence-corrected chi connectivity index (χ3v) is 159. The van der Waals surface area contributed by atoms with Gasteiger partial charge in [0, 0.05) is 6.42 Å². The smallest absolute Gasteiger partial charge is 0.330 e. The number of rotatable bonds is 31. The fraction of sp³-hybridized carbons (Fsp3) is 0.957. The van der Waals surface area contributed by atoms with Gasteiger partial charge in [0.05, 0.1) is 45.5 Å². The third-order valence-electron chi connectivity index (χ3n) is 19.1. The van der Waals surface area contributed by atoms with E-state index in [4.69, 9.17) is 8.85 Å². The summed E-state index contributed by atoms with van der Waals surface area (Å²) in [5.74, 6) is -1.65. The van der Waals surface area contributed by atoms with Crippen LogP contribution in [-0.4, -0.2) is 83.1 Å². The molecule has 0 aliphatic heterocycles. The fourth-order valence-corrected chi connectivity index (χ4v) is 213. The highest BCUT2D eigenvalue weighted by atomic mass is 29.9. The number of alkyl halides is 2. The normalized spacial score (nSPS) is 15.8. The van der Waals surface area contributed by atoms with Gasteiger partial charge in [-0.05, 0) is 11.8 Å². The summed E-state index contributed by atoms with van der Waals surface area (Å²) in [6.07, 6.45) is -3.20. The van der Waals surface area contributed by atoms with E-state index in [0.29, 0.717) is 0 Å². The third kappa shape index (κ3) is 9.95. The van der Waals surface area contributed by atoms with Crippen molar-refractivity contribution in [3.05, 3.63) is 0 Å². The number of hydrogen-bond acceptors (Lipinski definition) is 4. The Morgan fingerprint density at radius 2 is 0.617 bits per heavy atom.